The van der Waals surface area contributed by atoms with E-state index in [1.165, 1.54) is 13.0 Å². The first-order valence-corrected chi connectivity index (χ1v) is 4.80. The number of halogens is 1. The average Bonchev–Trinajstić information content (AvgIpc) is 2.16. The van der Waals surface area contributed by atoms with Crippen LogP contribution < -0.4 is 0 Å². The van der Waals surface area contributed by atoms with E-state index >= 15 is 0 Å². The second-order valence-electron chi connectivity index (χ2n) is 3.24. The number of nitro groups is 1. The first-order valence-electron chi connectivity index (χ1n) is 4.37. The number of rotatable bonds is 3. The second kappa shape index (κ2) is 4.40. The van der Waals surface area contributed by atoms with Gasteiger partial charge in [0.1, 0.15) is 0 Å². The Hall–Kier alpha value is -1.42. The Bertz CT molecular complexity index is 415. The summed E-state index contributed by atoms with van der Waals surface area (Å²) < 4.78 is 0. The SMILES string of the molecule is Cc1ccc(C(=O)C(C)Cl)cc1[N+](=O)[O-]. The number of Topliss-reactive ketones (excluding diaryl/α,β-unsaturated/α-hetero) is 1. The Morgan fingerprint density at radius 2 is 2.13 bits per heavy atom. The van der Waals surface area contributed by atoms with Gasteiger partial charge in [-0.15, -0.1) is 11.6 Å². The summed E-state index contributed by atoms with van der Waals surface area (Å²) in [6.07, 6.45) is 0. The molecule has 0 saturated heterocycles. The van der Waals surface area contributed by atoms with E-state index in [4.69, 9.17) is 11.6 Å². The second-order valence-corrected chi connectivity index (χ2v) is 3.89. The third-order valence-corrected chi connectivity index (χ3v) is 2.25. The highest BCUT2D eigenvalue weighted by atomic mass is 35.5. The monoisotopic (exact) mass is 227 g/mol. The molecule has 0 heterocycles. The summed E-state index contributed by atoms with van der Waals surface area (Å²) in [5, 5.41) is 9.95. The van der Waals surface area contributed by atoms with E-state index in [1.807, 2.05) is 0 Å². The van der Waals surface area contributed by atoms with Crippen LogP contribution in [0.2, 0.25) is 0 Å². The van der Waals surface area contributed by atoms with Crippen molar-refractivity contribution in [3.8, 4) is 0 Å². The molecule has 15 heavy (non-hydrogen) atoms. The van der Waals surface area contributed by atoms with Crippen LogP contribution in [-0.2, 0) is 0 Å². The molecule has 0 spiro atoms. The van der Waals surface area contributed by atoms with E-state index in [0.29, 0.717) is 5.56 Å². The predicted molar refractivity (Wildman–Crippen MR) is 57.5 cm³/mol. The van der Waals surface area contributed by atoms with Crippen LogP contribution in [0.1, 0.15) is 22.8 Å². The van der Waals surface area contributed by atoms with Crippen LogP contribution in [0.3, 0.4) is 0 Å². The van der Waals surface area contributed by atoms with Gasteiger partial charge < -0.3 is 0 Å². The maximum absolute atomic E-state index is 11.5. The van der Waals surface area contributed by atoms with Crippen molar-refractivity contribution in [1.82, 2.24) is 0 Å². The van der Waals surface area contributed by atoms with E-state index < -0.39 is 10.3 Å². The predicted octanol–water partition coefficient (Wildman–Crippen LogP) is 2.71. The molecular weight excluding hydrogens is 218 g/mol. The van der Waals surface area contributed by atoms with Gasteiger partial charge in [0.05, 0.1) is 10.3 Å². The van der Waals surface area contributed by atoms with E-state index in [9.17, 15) is 14.9 Å². The minimum atomic E-state index is -0.674. The molecule has 0 amide bonds. The van der Waals surface area contributed by atoms with Gasteiger partial charge >= 0.3 is 0 Å². The molecule has 0 bridgehead atoms. The van der Waals surface area contributed by atoms with E-state index in [0.717, 1.165) is 0 Å². The third kappa shape index (κ3) is 2.53. The standard InChI is InChI=1S/C10H10ClNO3/c1-6-3-4-8(10(13)7(2)11)5-9(6)12(14)15/h3-5,7H,1-2H3. The maximum atomic E-state index is 11.5. The lowest BCUT2D eigenvalue weighted by Gasteiger charge is -2.03. The van der Waals surface area contributed by atoms with E-state index in [-0.39, 0.29) is 17.0 Å². The number of carbonyl (C=O) groups excluding carboxylic acids is 1. The van der Waals surface area contributed by atoms with Crippen LogP contribution in [0.4, 0.5) is 5.69 Å². The zero-order valence-electron chi connectivity index (χ0n) is 8.36. The maximum Gasteiger partial charge on any atom is 0.273 e. The number of hydrogen-bond acceptors (Lipinski definition) is 3. The largest absolute Gasteiger partial charge is 0.293 e. The highest BCUT2D eigenvalue weighted by Crippen LogP contribution is 2.20. The van der Waals surface area contributed by atoms with Crippen LogP contribution in [0.25, 0.3) is 0 Å². The Morgan fingerprint density at radius 3 is 2.60 bits per heavy atom. The summed E-state index contributed by atoms with van der Waals surface area (Å²) in [5.74, 6) is -0.306. The smallest absolute Gasteiger partial charge is 0.273 e. The molecule has 80 valence electrons. The molecule has 0 aliphatic heterocycles. The van der Waals surface area contributed by atoms with Gasteiger partial charge in [0.15, 0.2) is 5.78 Å². The lowest BCUT2D eigenvalue weighted by atomic mass is 10.1. The number of nitro benzene ring substituents is 1. The summed E-state index contributed by atoms with van der Waals surface area (Å²) in [4.78, 5) is 21.6. The molecule has 0 radical (unpaired) electrons. The van der Waals surface area contributed by atoms with Gasteiger partial charge in [-0.3, -0.25) is 14.9 Å². The highest BCUT2D eigenvalue weighted by Gasteiger charge is 2.17. The van der Waals surface area contributed by atoms with Gasteiger partial charge in [0.2, 0.25) is 0 Å². The fourth-order valence-electron chi connectivity index (χ4n) is 1.19. The lowest BCUT2D eigenvalue weighted by Crippen LogP contribution is -2.10. The van der Waals surface area contributed by atoms with E-state index in [2.05, 4.69) is 0 Å². The minimum absolute atomic E-state index is 0.0573. The topological polar surface area (TPSA) is 60.2 Å². The zero-order chi connectivity index (χ0) is 11.6. The first kappa shape index (κ1) is 11.7. The number of carbonyl (C=O) groups is 1. The molecule has 5 heteroatoms. The normalized spacial score (nSPS) is 12.2. The van der Waals surface area contributed by atoms with Gasteiger partial charge in [-0.05, 0) is 13.8 Å². The van der Waals surface area contributed by atoms with Gasteiger partial charge in [0.25, 0.3) is 5.69 Å². The summed E-state index contributed by atoms with van der Waals surface area (Å²) in [6, 6.07) is 4.35. The Kier molecular flexibility index (Phi) is 3.42. The molecule has 0 aliphatic rings. The Balaban J connectivity index is 3.19. The molecule has 0 aliphatic carbocycles. The first-order chi connectivity index (χ1) is 6.93. The Morgan fingerprint density at radius 1 is 1.53 bits per heavy atom. The van der Waals surface area contributed by atoms with Gasteiger partial charge in [-0.2, -0.15) is 0 Å². The third-order valence-electron chi connectivity index (χ3n) is 2.05. The summed E-state index contributed by atoms with van der Waals surface area (Å²) in [6.45, 7) is 3.16. The molecule has 0 saturated carbocycles. The van der Waals surface area contributed by atoms with Crippen LogP contribution >= 0.6 is 11.6 Å². The van der Waals surface area contributed by atoms with Crippen molar-refractivity contribution in [1.29, 1.82) is 0 Å². The van der Waals surface area contributed by atoms with Crippen LogP contribution in [0, 0.1) is 17.0 Å². The van der Waals surface area contributed by atoms with Crippen molar-refractivity contribution in [3.05, 3.63) is 39.4 Å². The number of nitrogens with zero attached hydrogens (tertiary/aromatic N) is 1. The fraction of sp³-hybridized carbons (Fsp3) is 0.300. The molecule has 1 unspecified atom stereocenters. The summed E-state index contributed by atoms with van der Waals surface area (Å²) in [5.41, 5.74) is 0.742. The van der Waals surface area contributed by atoms with Gasteiger partial charge in [-0.25, -0.2) is 0 Å². The van der Waals surface area contributed by atoms with Crippen molar-refractivity contribution in [2.24, 2.45) is 0 Å². The quantitative estimate of drug-likeness (QED) is 0.345. The number of aryl methyl sites for hydroxylation is 1. The zero-order valence-corrected chi connectivity index (χ0v) is 9.12. The Labute approximate surface area is 92.0 Å². The van der Waals surface area contributed by atoms with Crippen molar-refractivity contribution in [3.63, 3.8) is 0 Å². The summed E-state index contributed by atoms with van der Waals surface area (Å²) in [7, 11) is 0. The summed E-state index contributed by atoms with van der Waals surface area (Å²) >= 11 is 5.62. The minimum Gasteiger partial charge on any atom is -0.293 e. The molecule has 0 N–H and O–H groups in total. The highest BCUT2D eigenvalue weighted by molar-refractivity contribution is 6.33. The van der Waals surface area contributed by atoms with Crippen molar-refractivity contribution >= 4 is 23.1 Å². The van der Waals surface area contributed by atoms with Crippen molar-refractivity contribution < 1.29 is 9.72 Å². The van der Waals surface area contributed by atoms with Crippen LogP contribution in [0.15, 0.2) is 18.2 Å². The fourth-order valence-corrected chi connectivity index (χ4v) is 1.32. The molecule has 4 nitrogen and oxygen atoms in total. The number of ketones is 1. The number of alkyl halides is 1. The van der Waals surface area contributed by atoms with Gasteiger partial charge in [0, 0.05) is 17.2 Å². The molecule has 1 rings (SSSR count). The molecular formula is C10H10ClNO3. The van der Waals surface area contributed by atoms with Crippen molar-refractivity contribution in [2.75, 3.05) is 0 Å². The molecule has 0 fully saturated rings. The molecule has 0 aromatic heterocycles. The molecule has 1 aromatic rings. The van der Waals surface area contributed by atoms with Crippen LogP contribution in [-0.4, -0.2) is 16.1 Å². The molecule has 1 atom stereocenters. The van der Waals surface area contributed by atoms with E-state index in [1.54, 1.807) is 19.1 Å². The number of hydrogen-bond donors (Lipinski definition) is 0. The van der Waals surface area contributed by atoms with Gasteiger partial charge in [-0.1, -0.05) is 12.1 Å². The molecule has 1 aromatic carbocycles. The average molecular weight is 228 g/mol. The van der Waals surface area contributed by atoms with Crippen molar-refractivity contribution in [2.45, 2.75) is 19.2 Å². The number of benzene rings is 1. The van der Waals surface area contributed by atoms with Crippen LogP contribution in [0.5, 0.6) is 0 Å². The lowest BCUT2D eigenvalue weighted by molar-refractivity contribution is -0.385.